The number of allylic oxidation sites excluding steroid dienone is 1. The predicted molar refractivity (Wildman–Crippen MR) is 151 cm³/mol. The Labute approximate surface area is 232 Å². The van der Waals surface area contributed by atoms with Gasteiger partial charge in [0.1, 0.15) is 0 Å². The Hall–Kier alpha value is -3.24. The highest BCUT2D eigenvalue weighted by Crippen LogP contribution is 2.46. The average Bonchev–Trinajstić information content (AvgIpc) is 2.81. The molecule has 0 radical (unpaired) electrons. The minimum Gasteiger partial charge on any atom is -1.00 e. The van der Waals surface area contributed by atoms with Crippen molar-refractivity contribution in [3.05, 3.63) is 88.2 Å². The van der Waals surface area contributed by atoms with Crippen LogP contribution in [0, 0.1) is 17.8 Å². The van der Waals surface area contributed by atoms with Crippen LogP contribution in [-0.2, 0) is 6.42 Å². The third-order valence-electron chi connectivity index (χ3n) is 7.83. The summed E-state index contributed by atoms with van der Waals surface area (Å²) in [5, 5.41) is 0. The molecule has 5 heteroatoms. The molecule has 0 aliphatic heterocycles. The normalized spacial score (nSPS) is 18.4. The summed E-state index contributed by atoms with van der Waals surface area (Å²) < 4.78 is 2.22. The van der Waals surface area contributed by atoms with Crippen molar-refractivity contribution < 1.29 is 26.6 Å². The van der Waals surface area contributed by atoms with Gasteiger partial charge in [-0.2, -0.15) is 4.57 Å². The molecule has 0 saturated carbocycles. The molecule has 2 aromatic carbocycles. The number of nitrogens with zero attached hydrogens (tertiary/aromatic N) is 2. The van der Waals surface area contributed by atoms with Crippen LogP contribution < -0.4 is 21.9 Å². The van der Waals surface area contributed by atoms with Crippen molar-refractivity contribution in [3.63, 3.8) is 0 Å². The second-order valence-corrected chi connectivity index (χ2v) is 12.4. The molecule has 0 atom stereocenters. The molecule has 2 aliphatic rings. The molecule has 4 nitrogen and oxygen atoms in total. The number of hydrogen-bond acceptors (Lipinski definition) is 3. The van der Waals surface area contributed by atoms with E-state index < -0.39 is 0 Å². The van der Waals surface area contributed by atoms with Crippen LogP contribution in [0.25, 0.3) is 17.3 Å². The largest absolute Gasteiger partial charge is 1.00 e. The van der Waals surface area contributed by atoms with Crippen LogP contribution in [0.2, 0.25) is 0 Å². The molecule has 198 valence electrons. The molecule has 5 rings (SSSR count). The Bertz CT molecular complexity index is 1450. The lowest BCUT2D eigenvalue weighted by Gasteiger charge is -2.34. The summed E-state index contributed by atoms with van der Waals surface area (Å²) in [6.07, 6.45) is 3.91. The number of carbonyl (C=O) groups is 2. The Balaban J connectivity index is 0.00000336. The van der Waals surface area contributed by atoms with E-state index in [9.17, 15) is 9.59 Å². The molecule has 38 heavy (non-hydrogen) atoms. The molecule has 2 aliphatic carbocycles. The summed E-state index contributed by atoms with van der Waals surface area (Å²) in [4.78, 5) is 29.1. The van der Waals surface area contributed by atoms with E-state index in [-0.39, 0.29) is 34.8 Å². The summed E-state index contributed by atoms with van der Waals surface area (Å²) in [6, 6.07) is 18.8. The first-order chi connectivity index (χ1) is 17.4. The Morgan fingerprint density at radius 1 is 0.816 bits per heavy atom. The van der Waals surface area contributed by atoms with Crippen LogP contribution in [-0.4, -0.2) is 25.7 Å². The van der Waals surface area contributed by atoms with Gasteiger partial charge in [0.05, 0.1) is 11.1 Å². The van der Waals surface area contributed by atoms with Crippen molar-refractivity contribution >= 4 is 28.9 Å². The zero-order valence-corrected chi connectivity index (χ0v) is 24.2. The van der Waals surface area contributed by atoms with Gasteiger partial charge in [-0.25, -0.2) is 0 Å². The van der Waals surface area contributed by atoms with Gasteiger partial charge in [-0.1, -0.05) is 57.5 Å². The number of anilines is 1. The average molecular weight is 529 g/mol. The first kappa shape index (κ1) is 27.8. The van der Waals surface area contributed by atoms with Crippen molar-refractivity contribution in [2.24, 2.45) is 10.8 Å². The lowest BCUT2D eigenvalue weighted by atomic mass is 9.69. The van der Waals surface area contributed by atoms with Crippen molar-refractivity contribution in [2.75, 3.05) is 19.0 Å². The number of rotatable bonds is 3. The fraction of sp³-hybridized carbons (Fsp3) is 0.364. The first-order valence-electron chi connectivity index (χ1n) is 13.1. The monoisotopic (exact) mass is 528 g/mol. The van der Waals surface area contributed by atoms with Crippen molar-refractivity contribution in [1.29, 1.82) is 0 Å². The Kier molecular flexibility index (Phi) is 7.18. The molecule has 0 saturated heterocycles. The van der Waals surface area contributed by atoms with Crippen LogP contribution in [0.3, 0.4) is 0 Å². The molecular weight excluding hydrogens is 492 g/mol. The minimum atomic E-state index is -0.362. The number of Topliss-reactive ketones (excluding diaryl/α,β-unsaturated/α-hetero) is 2. The molecule has 3 aromatic rings. The number of fused-ring (bicyclic) bond motifs is 2. The summed E-state index contributed by atoms with van der Waals surface area (Å²) >= 11 is 0. The maximum Gasteiger partial charge on any atom is 0.226 e. The van der Waals surface area contributed by atoms with Crippen LogP contribution in [0.4, 0.5) is 5.69 Å². The first-order valence-corrected chi connectivity index (χ1v) is 13.1. The number of hydrogen-bond donors (Lipinski definition) is 0. The van der Waals surface area contributed by atoms with Gasteiger partial charge >= 0.3 is 0 Å². The minimum absolute atomic E-state index is 0. The molecule has 1 heterocycles. The fourth-order valence-electron chi connectivity index (χ4n) is 5.80. The van der Waals surface area contributed by atoms with Crippen LogP contribution in [0.15, 0.2) is 54.6 Å². The van der Waals surface area contributed by atoms with E-state index in [1.54, 1.807) is 0 Å². The highest BCUT2D eigenvalue weighted by atomic mass is 35.5. The van der Waals surface area contributed by atoms with Gasteiger partial charge in [-0.05, 0) is 42.2 Å². The van der Waals surface area contributed by atoms with Crippen molar-refractivity contribution in [1.82, 2.24) is 0 Å². The maximum atomic E-state index is 13.6. The predicted octanol–water partition coefficient (Wildman–Crippen LogP) is 3.65. The molecule has 0 fully saturated rings. The van der Waals surface area contributed by atoms with E-state index in [1.165, 1.54) is 5.56 Å². The van der Waals surface area contributed by atoms with Gasteiger partial charge in [-0.15, -0.1) is 0 Å². The third-order valence-corrected chi connectivity index (χ3v) is 7.83. The van der Waals surface area contributed by atoms with E-state index in [2.05, 4.69) is 98.7 Å². The topological polar surface area (TPSA) is 41.3 Å². The lowest BCUT2D eigenvalue weighted by molar-refractivity contribution is -0.608. The number of aromatic nitrogens is 1. The molecule has 0 N–H and O–H groups in total. The number of halogens is 1. The summed E-state index contributed by atoms with van der Waals surface area (Å²) in [5.41, 5.74) is 8.29. The molecule has 0 spiro atoms. The Morgan fingerprint density at radius 2 is 1.42 bits per heavy atom. The lowest BCUT2D eigenvalue weighted by Crippen LogP contribution is -3.00. The second-order valence-electron chi connectivity index (χ2n) is 12.4. The summed E-state index contributed by atoms with van der Waals surface area (Å²) in [7, 11) is 4.08. The van der Waals surface area contributed by atoms with Crippen molar-refractivity contribution in [2.45, 2.75) is 53.9 Å². The summed E-state index contributed by atoms with van der Waals surface area (Å²) in [5.74, 6) is 0.221. The quantitative estimate of drug-likeness (QED) is 0.487. The van der Waals surface area contributed by atoms with Gasteiger partial charge < -0.3 is 17.3 Å². The molecular formula is C33H37ClN2O2. The van der Waals surface area contributed by atoms with Crippen molar-refractivity contribution in [3.8, 4) is 5.69 Å². The fourth-order valence-corrected chi connectivity index (χ4v) is 5.80. The number of carbonyl (C=O) groups excluding carboxylic acids is 2. The summed E-state index contributed by atoms with van der Waals surface area (Å²) in [6.45, 7) is 10.7. The van der Waals surface area contributed by atoms with Gasteiger partial charge in [0.2, 0.25) is 11.4 Å². The highest BCUT2D eigenvalue weighted by molar-refractivity contribution is 6.08. The second kappa shape index (κ2) is 9.81. The number of benzene rings is 2. The van der Waals surface area contributed by atoms with E-state index in [4.69, 9.17) is 0 Å². The van der Waals surface area contributed by atoms with Gasteiger partial charge in [-0.3, -0.25) is 9.59 Å². The SMILES string of the molecule is Cc1ccc(-[n+]2c3c(cc4c2/C(=C/c2ccc(N(C)C)cc2)C(C)(C)CC4=O)C(=O)CC(C)(C)C3)cc1.[Cl-]. The van der Waals surface area contributed by atoms with E-state index in [1.807, 2.05) is 20.2 Å². The molecule has 0 amide bonds. The Morgan fingerprint density at radius 3 is 2.03 bits per heavy atom. The maximum absolute atomic E-state index is 13.6. The zero-order valence-electron chi connectivity index (χ0n) is 23.5. The highest BCUT2D eigenvalue weighted by Gasteiger charge is 2.46. The van der Waals surface area contributed by atoms with Crippen LogP contribution in [0.1, 0.15) is 83.8 Å². The van der Waals surface area contributed by atoms with Crippen LogP contribution >= 0.6 is 0 Å². The van der Waals surface area contributed by atoms with E-state index in [0.717, 1.165) is 40.3 Å². The number of aryl methyl sites for hydroxylation is 1. The van der Waals surface area contributed by atoms with E-state index in [0.29, 0.717) is 24.0 Å². The smallest absolute Gasteiger partial charge is 0.226 e. The standard InChI is InChI=1S/C33H37N2O2.ClH/c1-21-8-12-24(13-9-21)35-28-18-32(2,3)19-29(36)25(28)17-26-30(37)20-33(4,5)27(31(26)35)16-22-10-14-23(15-11-22)34(6)7;/h8-17H,18-20H2,1-7H3;1H/q+1;/p-1. The number of ketones is 2. The van der Waals surface area contributed by atoms with Crippen LogP contribution in [0.5, 0.6) is 0 Å². The molecule has 0 bridgehead atoms. The molecule has 1 aromatic heterocycles. The zero-order chi connectivity index (χ0) is 26.7. The van der Waals surface area contributed by atoms with Gasteiger partial charge in [0.15, 0.2) is 17.3 Å². The van der Waals surface area contributed by atoms with E-state index >= 15 is 0 Å². The van der Waals surface area contributed by atoms with Gasteiger partial charge in [0, 0.05) is 62.2 Å². The molecule has 0 unspecified atom stereocenters. The third kappa shape index (κ3) is 4.94. The number of pyridine rings is 1. The van der Waals surface area contributed by atoms with Gasteiger partial charge in [0.25, 0.3) is 0 Å².